The van der Waals surface area contributed by atoms with Crippen LogP contribution in [0.4, 0.5) is 5.69 Å². The number of carbonyl (C=O) groups is 1. The molecule has 1 saturated heterocycles. The lowest BCUT2D eigenvalue weighted by Crippen LogP contribution is -2.30. The molecular weight excluding hydrogens is 210 g/mol. The molecule has 3 rings (SSSR count). The van der Waals surface area contributed by atoms with Crippen LogP contribution in [-0.4, -0.2) is 35.5 Å². The zero-order valence-electron chi connectivity index (χ0n) is 8.76. The van der Waals surface area contributed by atoms with Gasteiger partial charge in [-0.3, -0.25) is 9.48 Å². The van der Waals surface area contributed by atoms with E-state index in [0.29, 0.717) is 31.2 Å². The Morgan fingerprint density at radius 1 is 1.56 bits per heavy atom. The Morgan fingerprint density at radius 3 is 2.94 bits per heavy atom. The van der Waals surface area contributed by atoms with Crippen LogP contribution in [-0.2, 0) is 9.53 Å². The molecule has 0 spiro atoms. The fraction of sp³-hybridized carbons (Fsp3) is 0.600. The van der Waals surface area contributed by atoms with E-state index in [9.17, 15) is 4.79 Å². The van der Waals surface area contributed by atoms with Crippen LogP contribution in [0.25, 0.3) is 0 Å². The summed E-state index contributed by atoms with van der Waals surface area (Å²) >= 11 is 0. The first-order valence-electron chi connectivity index (χ1n) is 5.40. The van der Waals surface area contributed by atoms with Crippen molar-refractivity contribution in [2.45, 2.75) is 25.0 Å². The Morgan fingerprint density at radius 2 is 2.38 bits per heavy atom. The van der Waals surface area contributed by atoms with Crippen LogP contribution in [0.2, 0.25) is 0 Å². The highest BCUT2D eigenvalue weighted by Crippen LogP contribution is 2.32. The third kappa shape index (κ3) is 1.76. The largest absolute Gasteiger partial charge is 0.472 e. The van der Waals surface area contributed by atoms with Crippen molar-refractivity contribution < 1.29 is 14.3 Å². The number of ether oxygens (including phenoxy) is 2. The Hall–Kier alpha value is -1.56. The number of amides is 1. The first-order valence-corrected chi connectivity index (χ1v) is 5.40. The average Bonchev–Trinajstić information content (AvgIpc) is 2.90. The van der Waals surface area contributed by atoms with E-state index < -0.39 is 0 Å². The van der Waals surface area contributed by atoms with E-state index in [2.05, 4.69) is 10.4 Å². The Labute approximate surface area is 92.5 Å². The van der Waals surface area contributed by atoms with Gasteiger partial charge < -0.3 is 14.8 Å². The number of hydrogen-bond donors (Lipinski definition) is 1. The van der Waals surface area contributed by atoms with Gasteiger partial charge in [-0.1, -0.05) is 0 Å². The average molecular weight is 223 g/mol. The Kier molecular flexibility index (Phi) is 2.28. The molecule has 0 unspecified atom stereocenters. The van der Waals surface area contributed by atoms with Gasteiger partial charge in [-0.2, -0.15) is 0 Å². The van der Waals surface area contributed by atoms with Gasteiger partial charge in [-0.05, 0) is 12.8 Å². The SMILES string of the molecule is O=CNc1cn(C2COC2)nc1OC1CC1. The molecule has 1 aliphatic heterocycles. The third-order valence-electron chi connectivity index (χ3n) is 2.71. The summed E-state index contributed by atoms with van der Waals surface area (Å²) in [4.78, 5) is 10.5. The number of carbonyl (C=O) groups excluding carboxylic acids is 1. The molecule has 1 amide bonds. The summed E-state index contributed by atoms with van der Waals surface area (Å²) in [6.45, 7) is 1.34. The van der Waals surface area contributed by atoms with Gasteiger partial charge in [0, 0.05) is 0 Å². The normalized spacial score (nSPS) is 20.2. The molecular formula is C10H13N3O3. The summed E-state index contributed by atoms with van der Waals surface area (Å²) in [7, 11) is 0. The first-order chi connectivity index (χ1) is 7.86. The minimum Gasteiger partial charge on any atom is -0.472 e. The molecule has 1 aliphatic carbocycles. The van der Waals surface area contributed by atoms with Crippen molar-refractivity contribution in [3.8, 4) is 5.88 Å². The summed E-state index contributed by atoms with van der Waals surface area (Å²) in [6.07, 6.45) is 4.84. The maximum atomic E-state index is 10.5. The van der Waals surface area contributed by atoms with Gasteiger partial charge >= 0.3 is 0 Å². The van der Waals surface area contributed by atoms with Gasteiger partial charge in [0.15, 0.2) is 0 Å². The number of nitrogens with one attached hydrogen (secondary N) is 1. The fourth-order valence-electron chi connectivity index (χ4n) is 1.53. The smallest absolute Gasteiger partial charge is 0.257 e. The molecule has 1 aromatic rings. The second kappa shape index (κ2) is 3.79. The van der Waals surface area contributed by atoms with Crippen LogP contribution in [0.1, 0.15) is 18.9 Å². The lowest BCUT2D eigenvalue weighted by atomic mass is 10.3. The van der Waals surface area contributed by atoms with Crippen molar-refractivity contribution in [3.05, 3.63) is 6.20 Å². The van der Waals surface area contributed by atoms with Crippen molar-refractivity contribution in [1.82, 2.24) is 9.78 Å². The summed E-state index contributed by atoms with van der Waals surface area (Å²) in [5, 5.41) is 6.93. The Bertz CT molecular complexity index is 396. The molecule has 0 bridgehead atoms. The van der Waals surface area contributed by atoms with Crippen molar-refractivity contribution in [2.24, 2.45) is 0 Å². The van der Waals surface area contributed by atoms with Gasteiger partial charge in [0.2, 0.25) is 6.41 Å². The van der Waals surface area contributed by atoms with E-state index in [0.717, 1.165) is 12.8 Å². The highest BCUT2D eigenvalue weighted by molar-refractivity contribution is 5.73. The number of anilines is 1. The van der Waals surface area contributed by atoms with Crippen LogP contribution in [0.15, 0.2) is 6.20 Å². The summed E-state index contributed by atoms with van der Waals surface area (Å²) in [6, 6.07) is 0.267. The van der Waals surface area contributed by atoms with Crippen molar-refractivity contribution in [3.63, 3.8) is 0 Å². The van der Waals surface area contributed by atoms with E-state index in [-0.39, 0.29) is 12.1 Å². The van der Waals surface area contributed by atoms with Crippen molar-refractivity contribution in [1.29, 1.82) is 0 Å². The van der Waals surface area contributed by atoms with E-state index >= 15 is 0 Å². The molecule has 2 heterocycles. The van der Waals surface area contributed by atoms with E-state index in [1.807, 2.05) is 0 Å². The predicted octanol–water partition coefficient (Wildman–Crippen LogP) is 0.564. The van der Waals surface area contributed by atoms with Crippen LogP contribution >= 0.6 is 0 Å². The van der Waals surface area contributed by atoms with Gasteiger partial charge in [-0.15, -0.1) is 5.10 Å². The van der Waals surface area contributed by atoms with Gasteiger partial charge in [0.05, 0.1) is 25.5 Å². The lowest BCUT2D eigenvalue weighted by molar-refractivity contribution is -0.105. The molecule has 0 atom stereocenters. The zero-order chi connectivity index (χ0) is 11.0. The molecule has 1 saturated carbocycles. The van der Waals surface area contributed by atoms with Crippen LogP contribution < -0.4 is 10.1 Å². The molecule has 0 radical (unpaired) electrons. The van der Waals surface area contributed by atoms with E-state index in [4.69, 9.17) is 9.47 Å². The number of rotatable bonds is 5. The fourth-order valence-corrected chi connectivity index (χ4v) is 1.53. The standard InChI is InChI=1S/C10H13N3O3/c14-6-11-9-3-13(7-4-15-5-7)12-10(9)16-8-1-2-8/h3,6-8H,1-2,4-5H2,(H,11,14). The summed E-state index contributed by atoms with van der Waals surface area (Å²) < 4.78 is 12.5. The van der Waals surface area contributed by atoms with Gasteiger partial charge in [-0.25, -0.2) is 0 Å². The number of aromatic nitrogens is 2. The molecule has 2 aliphatic rings. The topological polar surface area (TPSA) is 65.4 Å². The second-order valence-electron chi connectivity index (χ2n) is 4.10. The summed E-state index contributed by atoms with van der Waals surface area (Å²) in [5.41, 5.74) is 0.633. The van der Waals surface area contributed by atoms with Crippen molar-refractivity contribution >= 4 is 12.1 Å². The minimum atomic E-state index is 0.267. The highest BCUT2D eigenvalue weighted by Gasteiger charge is 2.28. The summed E-state index contributed by atoms with van der Waals surface area (Å²) in [5.74, 6) is 0.515. The number of nitrogens with zero attached hydrogens (tertiary/aromatic N) is 2. The van der Waals surface area contributed by atoms with Crippen LogP contribution in [0.5, 0.6) is 5.88 Å². The molecule has 86 valence electrons. The number of hydrogen-bond acceptors (Lipinski definition) is 4. The first kappa shape index (κ1) is 9.65. The van der Waals surface area contributed by atoms with Crippen LogP contribution in [0.3, 0.4) is 0 Å². The maximum absolute atomic E-state index is 10.5. The van der Waals surface area contributed by atoms with E-state index in [1.54, 1.807) is 10.9 Å². The predicted molar refractivity (Wildman–Crippen MR) is 55.4 cm³/mol. The second-order valence-corrected chi connectivity index (χ2v) is 4.10. The maximum Gasteiger partial charge on any atom is 0.257 e. The van der Waals surface area contributed by atoms with Gasteiger partial charge in [0.25, 0.3) is 5.88 Å². The van der Waals surface area contributed by atoms with Crippen LogP contribution in [0, 0.1) is 0 Å². The molecule has 1 N–H and O–H groups in total. The Balaban J connectivity index is 1.80. The molecule has 2 fully saturated rings. The molecule has 6 heteroatoms. The monoisotopic (exact) mass is 223 g/mol. The molecule has 0 aromatic carbocycles. The molecule has 16 heavy (non-hydrogen) atoms. The third-order valence-corrected chi connectivity index (χ3v) is 2.71. The lowest BCUT2D eigenvalue weighted by Gasteiger charge is -2.25. The molecule has 1 aromatic heterocycles. The minimum absolute atomic E-state index is 0.267. The van der Waals surface area contributed by atoms with Crippen molar-refractivity contribution in [2.75, 3.05) is 18.5 Å². The quantitative estimate of drug-likeness (QED) is 0.741. The highest BCUT2D eigenvalue weighted by atomic mass is 16.5. The molecule has 6 nitrogen and oxygen atoms in total. The zero-order valence-corrected chi connectivity index (χ0v) is 8.76. The van der Waals surface area contributed by atoms with E-state index in [1.165, 1.54) is 0 Å². The van der Waals surface area contributed by atoms with Gasteiger partial charge in [0.1, 0.15) is 11.8 Å².